The number of esters is 1. The van der Waals surface area contributed by atoms with Gasteiger partial charge in [0.05, 0.1) is 5.92 Å². The number of benzene rings is 1. The summed E-state index contributed by atoms with van der Waals surface area (Å²) in [6.45, 7) is 5.91. The fraction of sp³-hybridized carbons (Fsp3) is 0.727. The minimum absolute atomic E-state index is 0.210. The monoisotopic (exact) mass is 514 g/mol. The molecule has 4 rings (SSSR count). The van der Waals surface area contributed by atoms with Gasteiger partial charge >= 0.3 is 5.97 Å². The fourth-order valence-corrected chi connectivity index (χ4v) is 7.69. The Morgan fingerprint density at radius 3 is 2.30 bits per heavy atom. The molecule has 206 valence electrons. The number of unbranched alkanes of at least 4 members (excludes halogenated alkanes) is 3. The van der Waals surface area contributed by atoms with Gasteiger partial charge in [0.1, 0.15) is 0 Å². The van der Waals surface area contributed by atoms with E-state index in [1.807, 2.05) is 0 Å². The smallest absolute Gasteiger partial charge is 0.314 e. The zero-order valence-corrected chi connectivity index (χ0v) is 23.0. The first-order valence-electron chi connectivity index (χ1n) is 15.3. The van der Waals surface area contributed by atoms with E-state index in [0.29, 0.717) is 18.8 Å². The van der Waals surface area contributed by atoms with Crippen LogP contribution in [0.1, 0.15) is 115 Å². The molecule has 2 nitrogen and oxygen atoms in total. The van der Waals surface area contributed by atoms with Gasteiger partial charge < -0.3 is 4.74 Å². The van der Waals surface area contributed by atoms with Crippen LogP contribution < -0.4 is 4.74 Å². The van der Waals surface area contributed by atoms with Gasteiger partial charge in [0.2, 0.25) is 5.82 Å². The number of hydrogen-bond donors (Lipinski definition) is 0. The average molecular weight is 515 g/mol. The second-order valence-corrected chi connectivity index (χ2v) is 12.3. The Hall–Kier alpha value is -1.71. The third-order valence-corrected chi connectivity index (χ3v) is 9.96. The van der Waals surface area contributed by atoms with Gasteiger partial charge in [-0.15, -0.1) is 6.58 Å². The van der Waals surface area contributed by atoms with E-state index in [0.717, 1.165) is 49.4 Å². The van der Waals surface area contributed by atoms with Gasteiger partial charge in [0, 0.05) is 0 Å². The van der Waals surface area contributed by atoms with Crippen molar-refractivity contribution in [1.82, 2.24) is 0 Å². The highest BCUT2D eigenvalue weighted by Crippen LogP contribution is 2.49. The normalized spacial score (nSPS) is 29.9. The van der Waals surface area contributed by atoms with Gasteiger partial charge in [0.25, 0.3) is 0 Å². The molecule has 0 aliphatic heterocycles. The largest absolute Gasteiger partial charge is 0.423 e. The molecule has 4 heteroatoms. The van der Waals surface area contributed by atoms with E-state index in [1.165, 1.54) is 82.8 Å². The van der Waals surface area contributed by atoms with Gasteiger partial charge in [0.15, 0.2) is 11.6 Å². The molecule has 3 saturated carbocycles. The number of fused-ring (bicyclic) bond motifs is 1. The van der Waals surface area contributed by atoms with Crippen LogP contribution in [0.3, 0.4) is 0 Å². The first-order valence-corrected chi connectivity index (χ1v) is 15.3. The zero-order valence-electron chi connectivity index (χ0n) is 23.0. The first-order chi connectivity index (χ1) is 18.0. The SMILES string of the molecule is C=CCCc1ccc(OC(=O)C2CCC(C3CCC4CC(CCCCCC)CCC4C3)CC2)c(F)c1F. The van der Waals surface area contributed by atoms with Crippen molar-refractivity contribution in [3.8, 4) is 5.75 Å². The Labute approximate surface area is 223 Å². The van der Waals surface area contributed by atoms with Crippen molar-refractivity contribution in [2.45, 2.75) is 116 Å². The summed E-state index contributed by atoms with van der Waals surface area (Å²) >= 11 is 0. The van der Waals surface area contributed by atoms with Crippen molar-refractivity contribution >= 4 is 5.97 Å². The lowest BCUT2D eigenvalue weighted by atomic mass is 9.60. The number of rotatable bonds is 11. The zero-order chi connectivity index (χ0) is 26.2. The van der Waals surface area contributed by atoms with Gasteiger partial charge in [-0.2, -0.15) is 4.39 Å². The van der Waals surface area contributed by atoms with E-state index in [-0.39, 0.29) is 17.2 Å². The Morgan fingerprint density at radius 2 is 1.57 bits per heavy atom. The quantitative estimate of drug-likeness (QED) is 0.127. The molecular weight excluding hydrogens is 466 g/mol. The summed E-state index contributed by atoms with van der Waals surface area (Å²) in [6, 6.07) is 2.90. The molecular formula is C33H48F2O2. The number of carbonyl (C=O) groups excluding carboxylic acids is 1. The number of allylic oxidation sites excluding steroid dienone is 1. The molecule has 0 amide bonds. The summed E-state index contributed by atoms with van der Waals surface area (Å²) in [4.78, 5) is 12.8. The lowest BCUT2D eigenvalue weighted by Gasteiger charge is -2.45. The van der Waals surface area contributed by atoms with E-state index in [9.17, 15) is 13.6 Å². The number of carbonyl (C=O) groups is 1. The van der Waals surface area contributed by atoms with Crippen LogP contribution in [0.2, 0.25) is 0 Å². The predicted octanol–water partition coefficient (Wildman–Crippen LogP) is 9.60. The Bertz CT molecular complexity index is 889. The molecule has 1 aromatic rings. The minimum Gasteiger partial charge on any atom is -0.423 e. The highest BCUT2D eigenvalue weighted by molar-refractivity contribution is 5.75. The number of ether oxygens (including phenoxy) is 1. The highest BCUT2D eigenvalue weighted by Gasteiger charge is 2.39. The molecule has 0 spiro atoms. The first kappa shape index (κ1) is 28.3. The van der Waals surface area contributed by atoms with Gasteiger partial charge in [-0.3, -0.25) is 4.79 Å². The molecule has 0 saturated heterocycles. The summed E-state index contributed by atoms with van der Waals surface area (Å²) < 4.78 is 34.2. The second-order valence-electron chi connectivity index (χ2n) is 12.3. The van der Waals surface area contributed by atoms with Crippen LogP contribution in [0.4, 0.5) is 8.78 Å². The Kier molecular flexibility index (Phi) is 10.6. The lowest BCUT2D eigenvalue weighted by Crippen LogP contribution is -2.35. The molecule has 37 heavy (non-hydrogen) atoms. The average Bonchev–Trinajstić information content (AvgIpc) is 2.93. The van der Waals surface area contributed by atoms with Crippen LogP contribution >= 0.6 is 0 Å². The van der Waals surface area contributed by atoms with Crippen molar-refractivity contribution < 1.29 is 18.3 Å². The second kappa shape index (κ2) is 13.9. The molecule has 1 aromatic carbocycles. The van der Waals surface area contributed by atoms with Crippen molar-refractivity contribution in [3.63, 3.8) is 0 Å². The molecule has 0 N–H and O–H groups in total. The van der Waals surface area contributed by atoms with Gasteiger partial charge in [-0.25, -0.2) is 4.39 Å². The van der Waals surface area contributed by atoms with Crippen LogP contribution in [0, 0.1) is 47.1 Å². The Morgan fingerprint density at radius 1 is 0.892 bits per heavy atom. The molecule has 0 heterocycles. The van der Waals surface area contributed by atoms with E-state index in [2.05, 4.69) is 13.5 Å². The van der Waals surface area contributed by atoms with Crippen molar-refractivity contribution in [2.24, 2.45) is 35.5 Å². The predicted molar refractivity (Wildman–Crippen MR) is 146 cm³/mol. The standard InChI is InChI=1S/C33H48F2O2/c1-3-5-7-8-9-23-11-12-29-22-28(18-17-27(29)21-23)24-13-15-26(16-14-24)33(36)37-30-20-19-25(10-6-4-2)31(34)32(30)35/h4,19-20,23-24,26-29H,2-3,5-18,21-22H2,1H3. The number of aryl methyl sites for hydroxylation is 1. The van der Waals surface area contributed by atoms with Crippen molar-refractivity contribution in [1.29, 1.82) is 0 Å². The third kappa shape index (κ3) is 7.45. The molecule has 0 aromatic heterocycles. The molecule has 4 atom stereocenters. The molecule has 4 unspecified atom stereocenters. The molecule has 3 aliphatic rings. The van der Waals surface area contributed by atoms with Crippen LogP contribution in [-0.4, -0.2) is 5.97 Å². The molecule has 0 bridgehead atoms. The topological polar surface area (TPSA) is 26.3 Å². The summed E-state index contributed by atoms with van der Waals surface area (Å²) in [5.74, 6) is 1.46. The maximum atomic E-state index is 14.5. The van der Waals surface area contributed by atoms with E-state index < -0.39 is 17.6 Å². The van der Waals surface area contributed by atoms with Gasteiger partial charge in [-0.05, 0) is 112 Å². The summed E-state index contributed by atoms with van der Waals surface area (Å²) in [5, 5.41) is 0. The Balaban J connectivity index is 1.21. The lowest BCUT2D eigenvalue weighted by molar-refractivity contribution is -0.140. The molecule has 0 radical (unpaired) electrons. The summed E-state index contributed by atoms with van der Waals surface area (Å²) in [5.41, 5.74) is 0.285. The molecule has 3 fully saturated rings. The highest BCUT2D eigenvalue weighted by atomic mass is 19.2. The van der Waals surface area contributed by atoms with E-state index in [4.69, 9.17) is 4.74 Å². The molecule has 3 aliphatic carbocycles. The summed E-state index contributed by atoms with van der Waals surface area (Å²) in [6.07, 6.45) is 21.8. The maximum absolute atomic E-state index is 14.5. The van der Waals surface area contributed by atoms with Crippen LogP contribution in [0.5, 0.6) is 5.75 Å². The van der Waals surface area contributed by atoms with E-state index >= 15 is 0 Å². The van der Waals surface area contributed by atoms with E-state index in [1.54, 1.807) is 6.08 Å². The fourth-order valence-electron chi connectivity index (χ4n) is 7.69. The van der Waals surface area contributed by atoms with Gasteiger partial charge in [-0.1, -0.05) is 57.6 Å². The van der Waals surface area contributed by atoms with Crippen LogP contribution in [0.25, 0.3) is 0 Å². The summed E-state index contributed by atoms with van der Waals surface area (Å²) in [7, 11) is 0. The van der Waals surface area contributed by atoms with Crippen LogP contribution in [0.15, 0.2) is 24.8 Å². The number of halogens is 2. The van der Waals surface area contributed by atoms with Crippen molar-refractivity contribution in [3.05, 3.63) is 42.0 Å². The maximum Gasteiger partial charge on any atom is 0.314 e. The van der Waals surface area contributed by atoms with Crippen molar-refractivity contribution in [2.75, 3.05) is 0 Å². The third-order valence-electron chi connectivity index (χ3n) is 9.96. The van der Waals surface area contributed by atoms with Crippen LogP contribution in [-0.2, 0) is 11.2 Å². The minimum atomic E-state index is -1.06. The number of hydrogen-bond acceptors (Lipinski definition) is 2.